The Balaban J connectivity index is 1.61. The zero-order valence-electron chi connectivity index (χ0n) is 23.2. The van der Waals surface area contributed by atoms with E-state index >= 15 is 0 Å². The Hall–Kier alpha value is -4.08. The number of fused-ring (bicyclic) bond motifs is 1. The van der Waals surface area contributed by atoms with Crippen LogP contribution < -0.4 is 14.8 Å². The average molecular weight is 588 g/mol. The third-order valence-corrected chi connectivity index (χ3v) is 8.69. The lowest BCUT2D eigenvalue weighted by molar-refractivity contribution is -0.116. The molecule has 3 aromatic rings. The van der Waals surface area contributed by atoms with E-state index in [1.54, 1.807) is 31.2 Å². The highest BCUT2D eigenvalue weighted by molar-refractivity contribution is 7.89. The number of aliphatic hydroxyl groups is 1. The molecule has 0 saturated heterocycles. The van der Waals surface area contributed by atoms with E-state index in [1.807, 2.05) is 6.92 Å². The summed E-state index contributed by atoms with van der Waals surface area (Å²) in [6.07, 6.45) is 0.659. The topological polar surface area (TPSA) is 169 Å². The van der Waals surface area contributed by atoms with Crippen LogP contribution in [-0.4, -0.2) is 101 Å². The third-order valence-electron chi connectivity index (χ3n) is 6.85. The van der Waals surface area contributed by atoms with Crippen LogP contribution in [0.2, 0.25) is 0 Å². The Morgan fingerprint density at radius 1 is 1.27 bits per heavy atom. The first-order chi connectivity index (χ1) is 19.5. The van der Waals surface area contributed by atoms with Crippen molar-refractivity contribution >= 4 is 27.5 Å². The van der Waals surface area contributed by atoms with Crippen molar-refractivity contribution in [2.75, 3.05) is 39.2 Å². The summed E-state index contributed by atoms with van der Waals surface area (Å²) in [7, 11) is -0.888. The van der Waals surface area contributed by atoms with Crippen molar-refractivity contribution < 1.29 is 32.6 Å². The zero-order valence-corrected chi connectivity index (χ0v) is 24.0. The fourth-order valence-electron chi connectivity index (χ4n) is 4.40. The number of aromatic nitrogens is 4. The molecule has 0 spiro atoms. The van der Waals surface area contributed by atoms with E-state index in [4.69, 9.17) is 9.47 Å². The molecule has 1 aliphatic rings. The summed E-state index contributed by atoms with van der Waals surface area (Å²) in [5.41, 5.74) is 0.517. The van der Waals surface area contributed by atoms with Crippen LogP contribution in [0.5, 0.6) is 11.5 Å². The molecular weight excluding hydrogens is 554 g/mol. The molecule has 1 aliphatic heterocycles. The molecule has 0 radical (unpaired) electrons. The number of sulfonamides is 1. The average Bonchev–Trinajstić information content (AvgIpc) is 3.47. The number of tetrazole rings is 1. The molecule has 220 valence electrons. The van der Waals surface area contributed by atoms with E-state index in [-0.39, 0.29) is 54.3 Å². The Morgan fingerprint density at radius 2 is 2.00 bits per heavy atom. The van der Waals surface area contributed by atoms with Crippen molar-refractivity contribution in [2.45, 2.75) is 37.4 Å². The quantitative estimate of drug-likeness (QED) is 0.347. The van der Waals surface area contributed by atoms with Crippen LogP contribution in [0.1, 0.15) is 24.2 Å². The number of anilines is 1. The first-order valence-electron chi connectivity index (χ1n) is 12.9. The van der Waals surface area contributed by atoms with Gasteiger partial charge in [-0.05, 0) is 59.8 Å². The van der Waals surface area contributed by atoms with Gasteiger partial charge in [-0.15, -0.1) is 5.10 Å². The predicted molar refractivity (Wildman–Crippen MR) is 147 cm³/mol. The fraction of sp³-hybridized carbons (Fsp3) is 0.423. The molecule has 3 atom stereocenters. The Labute approximate surface area is 237 Å². The second-order valence-corrected chi connectivity index (χ2v) is 11.9. The smallest absolute Gasteiger partial charge is 0.258 e. The molecular formula is C26H33N7O7S. The summed E-state index contributed by atoms with van der Waals surface area (Å²) in [5, 5.41) is 23.2. The lowest BCUT2D eigenvalue weighted by atomic mass is 9.99. The van der Waals surface area contributed by atoms with Crippen molar-refractivity contribution in [3.05, 3.63) is 54.4 Å². The normalized spacial score (nSPS) is 18.2. The maximum absolute atomic E-state index is 13.6. The van der Waals surface area contributed by atoms with Crippen LogP contribution in [-0.2, 0) is 21.4 Å². The van der Waals surface area contributed by atoms with Crippen LogP contribution in [0.4, 0.5) is 5.69 Å². The van der Waals surface area contributed by atoms with Gasteiger partial charge in [0.05, 0.1) is 36.8 Å². The van der Waals surface area contributed by atoms with E-state index in [0.29, 0.717) is 11.4 Å². The molecule has 0 bridgehead atoms. The number of aliphatic hydroxyl groups excluding tert-OH is 1. The van der Waals surface area contributed by atoms with Crippen LogP contribution in [0.25, 0.3) is 0 Å². The lowest BCUT2D eigenvalue weighted by Gasteiger charge is -2.38. The van der Waals surface area contributed by atoms with E-state index in [1.165, 1.54) is 52.6 Å². The van der Waals surface area contributed by atoms with E-state index in [2.05, 4.69) is 20.8 Å². The molecule has 0 fully saturated rings. The SMILES string of the molecule is COc1ccc(S(=O)(=O)N(C)C[C@@H]2Oc3ccc(NC(=O)Cn4cnnn4)cc3C(=O)N([C@@H](C)CO)C[C@@H]2C)cc1. The number of carbonyl (C=O) groups excluding carboxylic acids is 2. The summed E-state index contributed by atoms with van der Waals surface area (Å²) < 4.78 is 40.5. The van der Waals surface area contributed by atoms with Gasteiger partial charge >= 0.3 is 0 Å². The van der Waals surface area contributed by atoms with E-state index in [9.17, 15) is 23.1 Å². The number of benzene rings is 2. The molecule has 1 aromatic heterocycles. The molecule has 0 unspecified atom stereocenters. The second-order valence-electron chi connectivity index (χ2n) is 9.85. The maximum Gasteiger partial charge on any atom is 0.258 e. The van der Waals surface area contributed by atoms with Crippen molar-refractivity contribution in [1.29, 1.82) is 0 Å². The van der Waals surface area contributed by atoms with E-state index in [0.717, 1.165) is 0 Å². The molecule has 2 aromatic carbocycles. The third kappa shape index (κ3) is 6.81. The van der Waals surface area contributed by atoms with Gasteiger partial charge in [-0.3, -0.25) is 9.59 Å². The molecule has 4 rings (SSSR count). The van der Waals surface area contributed by atoms with Crippen LogP contribution in [0.15, 0.2) is 53.7 Å². The van der Waals surface area contributed by atoms with Crippen LogP contribution in [0, 0.1) is 5.92 Å². The highest BCUT2D eigenvalue weighted by Crippen LogP contribution is 2.31. The summed E-state index contributed by atoms with van der Waals surface area (Å²) in [6.45, 7) is 3.39. The van der Waals surface area contributed by atoms with Gasteiger partial charge in [0.1, 0.15) is 30.5 Å². The minimum atomic E-state index is -3.86. The summed E-state index contributed by atoms with van der Waals surface area (Å²) in [6, 6.07) is 10.2. The van der Waals surface area contributed by atoms with E-state index < -0.39 is 28.1 Å². The number of amides is 2. The number of carbonyl (C=O) groups is 2. The standard InChI is InChI=1S/C26H33N7O7S/c1-17-12-33(18(2)15-34)26(36)22-11-19(28-25(35)14-32-16-27-29-30-32)5-10-23(22)40-24(17)13-31(3)41(37,38)21-8-6-20(39-4)7-9-21/h5-11,16-18,24,34H,12-15H2,1-4H3,(H,28,35)/t17-,18-,24-/m0/s1. The maximum atomic E-state index is 13.6. The number of likely N-dealkylation sites (N-methyl/N-ethyl adjacent to an activating group) is 1. The van der Waals surface area contributed by atoms with Crippen molar-refractivity contribution in [2.24, 2.45) is 5.92 Å². The molecule has 2 heterocycles. The lowest BCUT2D eigenvalue weighted by Crippen LogP contribution is -2.50. The second kappa shape index (κ2) is 12.6. The fourth-order valence-corrected chi connectivity index (χ4v) is 5.58. The van der Waals surface area contributed by atoms with Gasteiger partial charge in [-0.2, -0.15) is 4.31 Å². The molecule has 15 heteroatoms. The Kier molecular flexibility index (Phi) is 9.20. The number of nitrogens with one attached hydrogen (secondary N) is 1. The first-order valence-corrected chi connectivity index (χ1v) is 14.3. The zero-order chi connectivity index (χ0) is 29.7. The number of hydrogen-bond donors (Lipinski definition) is 2. The highest BCUT2D eigenvalue weighted by atomic mass is 32.2. The number of nitrogens with zero attached hydrogens (tertiary/aromatic N) is 6. The minimum Gasteiger partial charge on any atom is -0.497 e. The van der Waals surface area contributed by atoms with Gasteiger partial charge in [-0.25, -0.2) is 13.1 Å². The Morgan fingerprint density at radius 3 is 2.63 bits per heavy atom. The molecule has 41 heavy (non-hydrogen) atoms. The van der Waals surface area contributed by atoms with Crippen molar-refractivity contribution in [1.82, 2.24) is 29.4 Å². The Bertz CT molecular complexity index is 1470. The van der Waals surface area contributed by atoms with Gasteiger partial charge in [-0.1, -0.05) is 6.92 Å². The predicted octanol–water partition coefficient (Wildman–Crippen LogP) is 0.861. The number of methoxy groups -OCH3 is 1. The molecule has 2 N–H and O–H groups in total. The molecule has 0 aliphatic carbocycles. The summed E-state index contributed by atoms with van der Waals surface area (Å²) in [5.74, 6) is -0.328. The van der Waals surface area contributed by atoms with Gasteiger partial charge in [0, 0.05) is 25.2 Å². The summed E-state index contributed by atoms with van der Waals surface area (Å²) in [4.78, 5) is 27.7. The van der Waals surface area contributed by atoms with Gasteiger partial charge in [0.25, 0.3) is 5.91 Å². The molecule has 0 saturated carbocycles. The van der Waals surface area contributed by atoms with Crippen LogP contribution in [0.3, 0.4) is 0 Å². The van der Waals surface area contributed by atoms with Crippen LogP contribution >= 0.6 is 0 Å². The summed E-state index contributed by atoms with van der Waals surface area (Å²) >= 11 is 0. The molecule has 14 nitrogen and oxygen atoms in total. The highest BCUT2D eigenvalue weighted by Gasteiger charge is 2.35. The largest absolute Gasteiger partial charge is 0.497 e. The first kappa shape index (κ1) is 29.9. The number of hydrogen-bond acceptors (Lipinski definition) is 10. The number of rotatable bonds is 10. The molecule has 2 amide bonds. The van der Waals surface area contributed by atoms with Crippen molar-refractivity contribution in [3.63, 3.8) is 0 Å². The number of ether oxygens (including phenoxy) is 2. The van der Waals surface area contributed by atoms with Crippen molar-refractivity contribution in [3.8, 4) is 11.5 Å². The minimum absolute atomic E-state index is 0.00503. The monoisotopic (exact) mass is 587 g/mol. The van der Waals surface area contributed by atoms with Gasteiger partial charge in [0.15, 0.2) is 0 Å². The van der Waals surface area contributed by atoms with Gasteiger partial charge < -0.3 is 24.8 Å². The van der Waals surface area contributed by atoms with Gasteiger partial charge in [0.2, 0.25) is 15.9 Å².